The van der Waals surface area contributed by atoms with Crippen LogP contribution >= 0.6 is 11.8 Å². The van der Waals surface area contributed by atoms with Gasteiger partial charge in [0.05, 0.1) is 22.5 Å². The van der Waals surface area contributed by atoms with Gasteiger partial charge in [-0.1, -0.05) is 45.9 Å². The monoisotopic (exact) mass is 435 g/mol. The van der Waals surface area contributed by atoms with E-state index in [-0.39, 0.29) is 11.1 Å². The predicted octanol–water partition coefficient (Wildman–Crippen LogP) is 6.78. The van der Waals surface area contributed by atoms with Crippen LogP contribution in [0, 0.1) is 13.8 Å². The van der Waals surface area contributed by atoms with Crippen molar-refractivity contribution in [1.82, 2.24) is 9.55 Å². The number of para-hydroxylation sites is 1. The van der Waals surface area contributed by atoms with E-state index in [1.54, 1.807) is 30.6 Å². The maximum absolute atomic E-state index is 12.8. The molecule has 2 amide bonds. The second-order valence-corrected chi connectivity index (χ2v) is 7.22. The SMILES string of the molecule is CC.CC.Cc1cc(/C=C2\SC(=O)N(c3ccccc3)C2=O)c(C)n1-c1cccnc1. The second kappa shape index (κ2) is 11.3. The maximum Gasteiger partial charge on any atom is 0.298 e. The zero-order valence-electron chi connectivity index (χ0n) is 18.9. The molecule has 1 aliphatic rings. The third-order valence-corrected chi connectivity index (χ3v) is 5.34. The van der Waals surface area contributed by atoms with Gasteiger partial charge in [-0.25, -0.2) is 4.90 Å². The van der Waals surface area contributed by atoms with Crippen LogP contribution in [0.25, 0.3) is 11.8 Å². The van der Waals surface area contributed by atoms with Crippen LogP contribution in [-0.4, -0.2) is 20.7 Å². The average molecular weight is 436 g/mol. The van der Waals surface area contributed by atoms with Gasteiger partial charge < -0.3 is 4.57 Å². The molecule has 0 atom stereocenters. The van der Waals surface area contributed by atoms with Gasteiger partial charge in [0.1, 0.15) is 0 Å². The number of rotatable bonds is 3. The van der Waals surface area contributed by atoms with Crippen molar-refractivity contribution < 1.29 is 9.59 Å². The van der Waals surface area contributed by atoms with Gasteiger partial charge >= 0.3 is 0 Å². The first-order valence-corrected chi connectivity index (χ1v) is 11.3. The highest BCUT2D eigenvalue weighted by Gasteiger charge is 2.36. The van der Waals surface area contributed by atoms with E-state index in [1.165, 1.54) is 4.90 Å². The molecule has 31 heavy (non-hydrogen) atoms. The Balaban J connectivity index is 0.000000807. The molecule has 0 bridgehead atoms. The number of aromatic nitrogens is 2. The van der Waals surface area contributed by atoms with Gasteiger partial charge in [-0.3, -0.25) is 14.6 Å². The smallest absolute Gasteiger partial charge is 0.298 e. The van der Waals surface area contributed by atoms with E-state index < -0.39 is 0 Å². The zero-order chi connectivity index (χ0) is 23.0. The van der Waals surface area contributed by atoms with Crippen LogP contribution in [-0.2, 0) is 4.79 Å². The number of pyridine rings is 1. The quantitative estimate of drug-likeness (QED) is 0.425. The fourth-order valence-corrected chi connectivity index (χ4v) is 4.06. The molecular formula is C25H29N3O2S. The number of carbonyl (C=O) groups is 2. The van der Waals surface area contributed by atoms with Gasteiger partial charge in [0.15, 0.2) is 0 Å². The predicted molar refractivity (Wildman–Crippen MR) is 131 cm³/mol. The highest BCUT2D eigenvalue weighted by Crippen LogP contribution is 2.36. The minimum atomic E-state index is -0.289. The van der Waals surface area contributed by atoms with Crippen LogP contribution in [0.5, 0.6) is 0 Å². The van der Waals surface area contributed by atoms with Crippen LogP contribution in [0.2, 0.25) is 0 Å². The van der Waals surface area contributed by atoms with E-state index in [2.05, 4.69) is 9.55 Å². The first kappa shape index (κ1) is 24.2. The molecule has 3 heterocycles. The Morgan fingerprint density at radius 2 is 1.55 bits per heavy atom. The summed E-state index contributed by atoms with van der Waals surface area (Å²) < 4.78 is 2.08. The molecule has 1 saturated heterocycles. The van der Waals surface area contributed by atoms with Crippen molar-refractivity contribution in [2.24, 2.45) is 0 Å². The summed E-state index contributed by atoms with van der Waals surface area (Å²) in [6, 6.07) is 14.9. The average Bonchev–Trinajstić information content (AvgIpc) is 3.26. The fourth-order valence-electron chi connectivity index (χ4n) is 3.23. The van der Waals surface area contributed by atoms with Crippen LogP contribution < -0.4 is 4.90 Å². The van der Waals surface area contributed by atoms with Crippen molar-refractivity contribution in [2.75, 3.05) is 4.90 Å². The summed E-state index contributed by atoms with van der Waals surface area (Å²) in [5.74, 6) is -0.289. The Bertz CT molecular complexity index is 1060. The number of nitrogens with zero attached hydrogens (tertiary/aromatic N) is 3. The maximum atomic E-state index is 12.8. The molecule has 2 aromatic heterocycles. The number of hydrogen-bond acceptors (Lipinski definition) is 4. The lowest BCUT2D eigenvalue weighted by molar-refractivity contribution is -0.113. The van der Waals surface area contributed by atoms with E-state index in [0.717, 1.165) is 34.4 Å². The molecule has 4 rings (SSSR count). The molecule has 0 unspecified atom stereocenters. The third-order valence-electron chi connectivity index (χ3n) is 4.47. The summed E-state index contributed by atoms with van der Waals surface area (Å²) in [6.45, 7) is 12.0. The molecule has 162 valence electrons. The Kier molecular flexibility index (Phi) is 8.82. The van der Waals surface area contributed by atoms with Crippen molar-refractivity contribution in [3.63, 3.8) is 0 Å². The van der Waals surface area contributed by atoms with E-state index >= 15 is 0 Å². The van der Waals surface area contributed by atoms with Crippen molar-refractivity contribution in [3.8, 4) is 5.69 Å². The topological polar surface area (TPSA) is 55.2 Å². The number of aryl methyl sites for hydroxylation is 1. The van der Waals surface area contributed by atoms with Crippen LogP contribution in [0.1, 0.15) is 44.6 Å². The van der Waals surface area contributed by atoms with Crippen molar-refractivity contribution in [2.45, 2.75) is 41.5 Å². The Morgan fingerprint density at radius 3 is 2.16 bits per heavy atom. The number of benzene rings is 1. The van der Waals surface area contributed by atoms with Crippen LogP contribution in [0.3, 0.4) is 0 Å². The number of anilines is 1. The molecule has 1 aromatic carbocycles. The summed E-state index contributed by atoms with van der Waals surface area (Å²) >= 11 is 0.968. The Hall–Kier alpha value is -3.12. The summed E-state index contributed by atoms with van der Waals surface area (Å²) in [4.78, 5) is 31.0. The summed E-state index contributed by atoms with van der Waals surface area (Å²) in [5.41, 5.74) is 4.49. The van der Waals surface area contributed by atoms with Gasteiger partial charge in [0.2, 0.25) is 0 Å². The Labute approximate surface area is 188 Å². The summed E-state index contributed by atoms with van der Waals surface area (Å²) in [5, 5.41) is -0.279. The molecule has 3 aromatic rings. The summed E-state index contributed by atoms with van der Waals surface area (Å²) in [7, 11) is 0. The normalized spacial score (nSPS) is 14.1. The minimum absolute atomic E-state index is 0.279. The Morgan fingerprint density at radius 1 is 0.903 bits per heavy atom. The van der Waals surface area contributed by atoms with Crippen LogP contribution in [0.15, 0.2) is 65.8 Å². The molecule has 6 heteroatoms. The zero-order valence-corrected chi connectivity index (χ0v) is 19.7. The molecule has 1 aliphatic heterocycles. The number of carbonyl (C=O) groups excluding carboxylic acids is 2. The molecule has 0 spiro atoms. The molecule has 0 saturated carbocycles. The van der Waals surface area contributed by atoms with Gasteiger partial charge in [0.25, 0.3) is 11.1 Å². The van der Waals surface area contributed by atoms with Gasteiger partial charge in [-0.05, 0) is 67.6 Å². The van der Waals surface area contributed by atoms with E-state index in [0.29, 0.717) is 10.6 Å². The van der Waals surface area contributed by atoms with E-state index in [1.807, 2.05) is 77.9 Å². The third kappa shape index (κ3) is 5.14. The number of hydrogen-bond donors (Lipinski definition) is 0. The lowest BCUT2D eigenvalue weighted by atomic mass is 10.2. The fraction of sp³-hybridized carbons (Fsp3) is 0.240. The number of amides is 2. The van der Waals surface area contributed by atoms with E-state index in [9.17, 15) is 9.59 Å². The van der Waals surface area contributed by atoms with Crippen molar-refractivity contribution in [3.05, 3.63) is 82.8 Å². The largest absolute Gasteiger partial charge is 0.316 e. The van der Waals surface area contributed by atoms with Gasteiger partial charge in [0, 0.05) is 17.6 Å². The highest BCUT2D eigenvalue weighted by molar-refractivity contribution is 8.19. The standard InChI is InChI=1S/C21H17N3O2S.2C2H6/c1-14-11-16(15(2)23(14)18-9-6-10-22-13-18)12-19-20(25)24(21(26)27-19)17-7-4-3-5-8-17;2*1-2/h3-13H,1-2H3;2*1-2H3/b19-12-;;. The van der Waals surface area contributed by atoms with Gasteiger partial charge in [-0.2, -0.15) is 0 Å². The first-order chi connectivity index (χ1) is 15.1. The number of imide groups is 1. The van der Waals surface area contributed by atoms with E-state index in [4.69, 9.17) is 0 Å². The van der Waals surface area contributed by atoms with Crippen LogP contribution in [0.4, 0.5) is 10.5 Å². The lowest BCUT2D eigenvalue weighted by Crippen LogP contribution is -2.27. The minimum Gasteiger partial charge on any atom is -0.316 e. The second-order valence-electron chi connectivity index (χ2n) is 6.23. The van der Waals surface area contributed by atoms with Crippen molar-refractivity contribution >= 4 is 34.7 Å². The molecule has 0 N–H and O–H groups in total. The highest BCUT2D eigenvalue weighted by atomic mass is 32.2. The molecule has 0 aliphatic carbocycles. The molecular weight excluding hydrogens is 406 g/mol. The first-order valence-electron chi connectivity index (χ1n) is 10.5. The van der Waals surface area contributed by atoms with Gasteiger partial charge in [-0.15, -0.1) is 0 Å². The molecule has 5 nitrogen and oxygen atoms in total. The summed E-state index contributed by atoms with van der Waals surface area (Å²) in [6.07, 6.45) is 5.33. The molecule has 1 fully saturated rings. The number of thioether (sulfide) groups is 1. The van der Waals surface area contributed by atoms with Crippen molar-refractivity contribution in [1.29, 1.82) is 0 Å². The lowest BCUT2D eigenvalue weighted by Gasteiger charge is -2.11. The molecule has 0 radical (unpaired) electrons.